The van der Waals surface area contributed by atoms with Crippen LogP contribution in [0.25, 0.3) is 5.69 Å². The second-order valence-corrected chi connectivity index (χ2v) is 9.66. The van der Waals surface area contributed by atoms with Crippen molar-refractivity contribution >= 4 is 29.1 Å². The van der Waals surface area contributed by atoms with E-state index in [2.05, 4.69) is 22.1 Å². The number of nitrogens with zero attached hydrogens (tertiary/aromatic N) is 5. The van der Waals surface area contributed by atoms with Gasteiger partial charge in [-0.3, -0.25) is 0 Å². The van der Waals surface area contributed by atoms with Crippen molar-refractivity contribution in [3.05, 3.63) is 82.8 Å². The van der Waals surface area contributed by atoms with Gasteiger partial charge in [0.25, 0.3) is 0 Å². The van der Waals surface area contributed by atoms with E-state index in [1.165, 1.54) is 12.1 Å². The van der Waals surface area contributed by atoms with Gasteiger partial charge in [0, 0.05) is 36.1 Å². The van der Waals surface area contributed by atoms with Crippen LogP contribution in [0.15, 0.2) is 55.0 Å². The van der Waals surface area contributed by atoms with Crippen molar-refractivity contribution in [3.8, 4) is 11.4 Å². The molecule has 1 saturated heterocycles. The van der Waals surface area contributed by atoms with Crippen molar-refractivity contribution in [1.82, 2.24) is 19.5 Å². The molecule has 0 amide bonds. The van der Waals surface area contributed by atoms with E-state index in [-0.39, 0.29) is 5.82 Å². The second kappa shape index (κ2) is 9.64. The number of halogens is 2. The largest absolute Gasteiger partial charge is 0.494 e. The Morgan fingerprint density at radius 2 is 2.00 bits per heavy atom. The average molecular weight is 521 g/mol. The summed E-state index contributed by atoms with van der Waals surface area (Å²) in [6.07, 6.45) is 5.19. The Kier molecular flexibility index (Phi) is 6.18. The van der Waals surface area contributed by atoms with E-state index in [1.807, 2.05) is 18.2 Å². The van der Waals surface area contributed by atoms with E-state index in [4.69, 9.17) is 31.0 Å². The van der Waals surface area contributed by atoms with Gasteiger partial charge in [-0.2, -0.15) is 4.98 Å². The SMILES string of the molecule is COc1cc(Nc2nc3c(c(N4CCCC4C)n2)COC3c2ccc(F)cc2)ccc1-n1cnc(Cl)c1. The highest BCUT2D eigenvalue weighted by molar-refractivity contribution is 6.29. The summed E-state index contributed by atoms with van der Waals surface area (Å²) in [7, 11) is 1.62. The Hall–Kier alpha value is -3.69. The van der Waals surface area contributed by atoms with Gasteiger partial charge >= 0.3 is 0 Å². The van der Waals surface area contributed by atoms with Crippen molar-refractivity contribution in [1.29, 1.82) is 0 Å². The van der Waals surface area contributed by atoms with Crippen LogP contribution in [0.4, 0.5) is 21.8 Å². The molecule has 6 rings (SSSR count). The maximum atomic E-state index is 13.6. The number of nitrogens with one attached hydrogen (secondary N) is 1. The van der Waals surface area contributed by atoms with Crippen LogP contribution in [-0.4, -0.2) is 39.2 Å². The van der Waals surface area contributed by atoms with Crippen molar-refractivity contribution in [2.45, 2.75) is 38.5 Å². The lowest BCUT2D eigenvalue weighted by atomic mass is 10.0. The van der Waals surface area contributed by atoms with Crippen LogP contribution in [0.2, 0.25) is 5.15 Å². The molecule has 2 aliphatic heterocycles. The molecule has 2 unspecified atom stereocenters. The summed E-state index contributed by atoms with van der Waals surface area (Å²) in [4.78, 5) is 16.2. The van der Waals surface area contributed by atoms with Gasteiger partial charge in [-0.05, 0) is 49.6 Å². The normalized spacial score (nSPS) is 18.8. The first-order chi connectivity index (χ1) is 18.0. The zero-order chi connectivity index (χ0) is 25.5. The Morgan fingerprint density at radius 3 is 2.70 bits per heavy atom. The lowest BCUT2D eigenvalue weighted by Gasteiger charge is -2.25. The molecule has 1 fully saturated rings. The molecular weight excluding hydrogens is 495 g/mol. The summed E-state index contributed by atoms with van der Waals surface area (Å²) >= 11 is 6.00. The van der Waals surface area contributed by atoms with Crippen molar-refractivity contribution < 1.29 is 13.9 Å². The lowest BCUT2D eigenvalue weighted by Crippen LogP contribution is -2.29. The minimum Gasteiger partial charge on any atom is -0.494 e. The van der Waals surface area contributed by atoms with Crippen LogP contribution in [-0.2, 0) is 11.3 Å². The number of benzene rings is 2. The molecule has 2 aromatic heterocycles. The van der Waals surface area contributed by atoms with Crippen LogP contribution in [0.1, 0.15) is 42.7 Å². The van der Waals surface area contributed by atoms with E-state index in [0.717, 1.165) is 53.4 Å². The predicted molar refractivity (Wildman–Crippen MR) is 140 cm³/mol. The van der Waals surface area contributed by atoms with Gasteiger partial charge < -0.3 is 24.3 Å². The van der Waals surface area contributed by atoms with E-state index >= 15 is 0 Å². The van der Waals surface area contributed by atoms with Gasteiger partial charge in [-0.1, -0.05) is 23.7 Å². The zero-order valence-electron chi connectivity index (χ0n) is 20.5. The number of hydrogen-bond acceptors (Lipinski definition) is 7. The first kappa shape index (κ1) is 23.7. The second-order valence-electron chi connectivity index (χ2n) is 9.28. The molecule has 0 spiro atoms. The third-order valence-electron chi connectivity index (χ3n) is 6.92. The highest BCUT2D eigenvalue weighted by Gasteiger charge is 2.34. The monoisotopic (exact) mass is 520 g/mol. The number of imidazole rings is 1. The molecule has 2 atom stereocenters. The number of ether oxygens (including phenoxy) is 2. The number of methoxy groups -OCH3 is 1. The third-order valence-corrected chi connectivity index (χ3v) is 7.12. The van der Waals surface area contributed by atoms with Crippen LogP contribution in [0.5, 0.6) is 5.75 Å². The smallest absolute Gasteiger partial charge is 0.229 e. The van der Waals surface area contributed by atoms with Gasteiger partial charge in [-0.25, -0.2) is 14.4 Å². The summed E-state index contributed by atoms with van der Waals surface area (Å²) in [6, 6.07) is 12.5. The Bertz CT molecular complexity index is 1440. The first-order valence-electron chi connectivity index (χ1n) is 12.2. The number of hydrogen-bond donors (Lipinski definition) is 1. The molecule has 0 aliphatic carbocycles. The van der Waals surface area contributed by atoms with Gasteiger partial charge in [0.2, 0.25) is 5.95 Å². The number of anilines is 3. The Labute approximate surface area is 219 Å². The molecule has 0 saturated carbocycles. The molecule has 2 aliphatic rings. The molecular formula is C27H26ClFN6O2. The first-order valence-corrected chi connectivity index (χ1v) is 12.6. The molecule has 2 aromatic carbocycles. The lowest BCUT2D eigenvalue weighted by molar-refractivity contribution is 0.0923. The van der Waals surface area contributed by atoms with Crippen molar-refractivity contribution in [2.24, 2.45) is 0 Å². The standard InChI is InChI=1S/C27H26ClFN6O2/c1-16-4-3-11-35(16)26-20-14-37-25(17-5-7-18(29)8-6-17)24(20)32-27(33-26)31-19-9-10-21(22(12-19)36-2)34-13-23(28)30-15-34/h5-10,12-13,15-16,25H,3-4,11,14H2,1-2H3,(H,31,32,33). The quantitative estimate of drug-likeness (QED) is 0.343. The van der Waals surface area contributed by atoms with Crippen molar-refractivity contribution in [2.75, 3.05) is 23.9 Å². The van der Waals surface area contributed by atoms with Gasteiger partial charge in [0.05, 0.1) is 25.1 Å². The molecule has 37 heavy (non-hydrogen) atoms. The van der Waals surface area contributed by atoms with E-state index in [0.29, 0.717) is 29.5 Å². The molecule has 0 bridgehead atoms. The maximum Gasteiger partial charge on any atom is 0.229 e. The topological polar surface area (TPSA) is 77.3 Å². The Balaban J connectivity index is 1.39. The van der Waals surface area contributed by atoms with Crippen LogP contribution in [0, 0.1) is 5.82 Å². The fraction of sp³-hybridized carbons (Fsp3) is 0.296. The average Bonchev–Trinajstić information content (AvgIpc) is 3.64. The molecule has 0 radical (unpaired) electrons. The number of fused-ring (bicyclic) bond motifs is 1. The van der Waals surface area contributed by atoms with Crippen LogP contribution in [0.3, 0.4) is 0 Å². The summed E-state index contributed by atoms with van der Waals surface area (Å²) in [6.45, 7) is 3.56. The fourth-order valence-corrected chi connectivity index (χ4v) is 5.20. The van der Waals surface area contributed by atoms with Crippen LogP contribution >= 0.6 is 11.6 Å². The highest BCUT2D eigenvalue weighted by atomic mass is 35.5. The maximum absolute atomic E-state index is 13.6. The van der Waals surface area contributed by atoms with E-state index < -0.39 is 6.10 Å². The molecule has 8 nitrogen and oxygen atoms in total. The fourth-order valence-electron chi connectivity index (χ4n) is 5.05. The predicted octanol–water partition coefficient (Wildman–Crippen LogP) is 5.82. The summed E-state index contributed by atoms with van der Waals surface area (Å²) < 4.78 is 27.2. The zero-order valence-corrected chi connectivity index (χ0v) is 21.2. The minimum atomic E-state index is -0.390. The van der Waals surface area contributed by atoms with Crippen molar-refractivity contribution in [3.63, 3.8) is 0 Å². The summed E-state index contributed by atoms with van der Waals surface area (Å²) in [5, 5.41) is 3.76. The molecule has 10 heteroatoms. The van der Waals surface area contributed by atoms with Gasteiger partial charge in [-0.15, -0.1) is 0 Å². The molecule has 1 N–H and O–H groups in total. The van der Waals surface area contributed by atoms with E-state index in [9.17, 15) is 4.39 Å². The number of rotatable bonds is 6. The van der Waals surface area contributed by atoms with Gasteiger partial charge in [0.1, 0.15) is 35.0 Å². The number of aromatic nitrogens is 4. The minimum absolute atomic E-state index is 0.283. The molecule has 4 heterocycles. The Morgan fingerprint density at radius 1 is 1.16 bits per heavy atom. The highest BCUT2D eigenvalue weighted by Crippen LogP contribution is 2.41. The summed E-state index contributed by atoms with van der Waals surface area (Å²) in [5.41, 5.74) is 4.21. The van der Waals surface area contributed by atoms with E-state index in [1.54, 1.807) is 36.3 Å². The molecule has 190 valence electrons. The summed E-state index contributed by atoms with van der Waals surface area (Å²) in [5.74, 6) is 1.71. The third kappa shape index (κ3) is 4.49. The van der Waals surface area contributed by atoms with Crippen LogP contribution < -0.4 is 15.0 Å². The molecule has 4 aromatic rings. The van der Waals surface area contributed by atoms with Gasteiger partial charge in [0.15, 0.2) is 0 Å².